The zero-order valence-electron chi connectivity index (χ0n) is 9.97. The molecule has 0 saturated carbocycles. The molecule has 0 radical (unpaired) electrons. The van der Waals surface area contributed by atoms with Gasteiger partial charge in [0.2, 0.25) is 0 Å². The van der Waals surface area contributed by atoms with E-state index in [0.717, 1.165) is 12.1 Å². The van der Waals surface area contributed by atoms with Crippen LogP contribution in [0.2, 0.25) is 0 Å². The minimum Gasteiger partial charge on any atom is -0.493 e. The predicted molar refractivity (Wildman–Crippen MR) is 62.6 cm³/mol. The van der Waals surface area contributed by atoms with Crippen molar-refractivity contribution in [1.29, 1.82) is 0 Å². The lowest BCUT2D eigenvalue weighted by atomic mass is 10.1. The van der Waals surface area contributed by atoms with Gasteiger partial charge in [-0.1, -0.05) is 0 Å². The number of carbonyl (C=O) groups excluding carboxylic acids is 1. The van der Waals surface area contributed by atoms with Gasteiger partial charge in [-0.05, 0) is 24.3 Å². The predicted octanol–water partition coefficient (Wildman–Crippen LogP) is 1.83. The number of methoxy groups -OCH3 is 1. The van der Waals surface area contributed by atoms with Crippen molar-refractivity contribution in [2.75, 3.05) is 13.7 Å². The van der Waals surface area contributed by atoms with Crippen LogP contribution in [0.25, 0.3) is 11.6 Å². The van der Waals surface area contributed by atoms with E-state index in [9.17, 15) is 13.6 Å². The van der Waals surface area contributed by atoms with Crippen molar-refractivity contribution < 1.29 is 27.8 Å². The van der Waals surface area contributed by atoms with Crippen molar-refractivity contribution in [3.63, 3.8) is 0 Å². The maximum Gasteiger partial charge on any atom is 0.413 e. The summed E-state index contributed by atoms with van der Waals surface area (Å²) in [4.78, 5) is 13.2. The van der Waals surface area contributed by atoms with Gasteiger partial charge in [0.15, 0.2) is 11.6 Å². The number of benzene rings is 1. The van der Waals surface area contributed by atoms with Gasteiger partial charge in [-0.2, -0.15) is 4.79 Å². The summed E-state index contributed by atoms with van der Waals surface area (Å²) in [6, 6.07) is 1.91. The third-order valence-electron chi connectivity index (χ3n) is 2.07. The molecule has 1 aromatic rings. The fourth-order valence-electron chi connectivity index (χ4n) is 1.29. The molecule has 1 rings (SSSR count). The third kappa shape index (κ3) is 4.01. The van der Waals surface area contributed by atoms with Gasteiger partial charge < -0.3 is 15.0 Å². The molecule has 0 aromatic heterocycles. The first-order chi connectivity index (χ1) is 9.10. The first-order valence-corrected chi connectivity index (χ1v) is 5.13. The Kier molecular flexibility index (Phi) is 5.37. The van der Waals surface area contributed by atoms with Gasteiger partial charge in [-0.3, -0.25) is 0 Å². The molecule has 0 saturated heterocycles. The van der Waals surface area contributed by atoms with E-state index in [1.54, 1.807) is 0 Å². The topological polar surface area (TPSA) is 71.9 Å². The molecule has 5 nitrogen and oxygen atoms in total. The van der Waals surface area contributed by atoms with E-state index < -0.39 is 17.6 Å². The van der Waals surface area contributed by atoms with Crippen LogP contribution in [0.1, 0.15) is 5.56 Å². The Morgan fingerprint density at radius 3 is 2.74 bits per heavy atom. The summed E-state index contributed by atoms with van der Waals surface area (Å²) in [5.41, 5.74) is 7.96. The summed E-state index contributed by atoms with van der Waals surface area (Å²) >= 11 is 0. The van der Waals surface area contributed by atoms with Crippen LogP contribution in [-0.4, -0.2) is 30.7 Å². The van der Waals surface area contributed by atoms with Crippen molar-refractivity contribution in [1.82, 2.24) is 0 Å². The van der Waals surface area contributed by atoms with Gasteiger partial charge in [0.1, 0.15) is 12.4 Å². The highest BCUT2D eigenvalue weighted by atomic mass is 19.1. The lowest BCUT2D eigenvalue weighted by Crippen LogP contribution is -2.05. The van der Waals surface area contributed by atoms with Gasteiger partial charge in [0.25, 0.3) is 0 Å². The minimum absolute atomic E-state index is 0.0885. The number of ether oxygens (including phenoxy) is 2. The van der Waals surface area contributed by atoms with E-state index in [-0.39, 0.29) is 17.9 Å². The Labute approximate surface area is 107 Å². The first-order valence-electron chi connectivity index (χ1n) is 5.13. The Hall–Kier alpha value is -2.53. The quantitative estimate of drug-likeness (QED) is 0.354. The third-order valence-corrected chi connectivity index (χ3v) is 2.07. The van der Waals surface area contributed by atoms with E-state index in [4.69, 9.17) is 10.3 Å². The van der Waals surface area contributed by atoms with Gasteiger partial charge >= 0.3 is 12.2 Å². The molecule has 0 heterocycles. The number of hydrogen-bond acceptors (Lipinski definition) is 3. The molecule has 0 aliphatic carbocycles. The second-order valence-electron chi connectivity index (χ2n) is 3.25. The molecule has 0 fully saturated rings. The number of carbonyl (C=O) groups is 1. The Balaban J connectivity index is 2.79. The monoisotopic (exact) mass is 268 g/mol. The average Bonchev–Trinajstić information content (AvgIpc) is 2.38. The molecule has 1 aromatic carbocycles. The van der Waals surface area contributed by atoms with Crippen LogP contribution >= 0.6 is 0 Å². The maximum absolute atomic E-state index is 13.5. The van der Waals surface area contributed by atoms with E-state index in [0.29, 0.717) is 6.21 Å². The SMILES string of the molecule is COc1c(F)ccc(F)c1/C=C\COC(=O)C=[N+]=[N-]. The number of hydrogen-bond donors (Lipinski definition) is 0. The number of nitrogens with zero attached hydrogens (tertiary/aromatic N) is 2. The lowest BCUT2D eigenvalue weighted by Gasteiger charge is -2.06. The zero-order chi connectivity index (χ0) is 14.3. The highest BCUT2D eigenvalue weighted by Crippen LogP contribution is 2.26. The van der Waals surface area contributed by atoms with Crippen molar-refractivity contribution in [2.24, 2.45) is 0 Å². The second kappa shape index (κ2) is 7.03. The van der Waals surface area contributed by atoms with E-state index in [2.05, 4.69) is 9.53 Å². The van der Waals surface area contributed by atoms with Gasteiger partial charge in [-0.25, -0.2) is 13.6 Å². The van der Waals surface area contributed by atoms with E-state index >= 15 is 0 Å². The van der Waals surface area contributed by atoms with Crippen molar-refractivity contribution in [3.8, 4) is 5.75 Å². The van der Waals surface area contributed by atoms with Gasteiger partial charge in [0, 0.05) is 0 Å². The molecule has 0 aliphatic heterocycles. The summed E-state index contributed by atoms with van der Waals surface area (Å²) in [7, 11) is 1.22. The fourth-order valence-corrected chi connectivity index (χ4v) is 1.29. The molecule has 0 N–H and O–H groups in total. The summed E-state index contributed by atoms with van der Waals surface area (Å²) in [6.07, 6.45) is 3.08. The summed E-state index contributed by atoms with van der Waals surface area (Å²) < 4.78 is 36.1. The average molecular weight is 268 g/mol. The second-order valence-corrected chi connectivity index (χ2v) is 3.25. The minimum atomic E-state index is -0.862. The van der Waals surface area contributed by atoms with Crippen molar-refractivity contribution in [2.45, 2.75) is 0 Å². The number of esters is 1. The molecule has 0 bridgehead atoms. The van der Waals surface area contributed by atoms with Crippen LogP contribution in [0.4, 0.5) is 8.78 Å². The molecule has 19 heavy (non-hydrogen) atoms. The van der Waals surface area contributed by atoms with Crippen LogP contribution < -0.4 is 4.74 Å². The van der Waals surface area contributed by atoms with E-state index in [1.807, 2.05) is 0 Å². The summed E-state index contributed by atoms with van der Waals surface area (Å²) in [6.45, 7) is -0.191. The summed E-state index contributed by atoms with van der Waals surface area (Å²) in [5.74, 6) is -2.47. The molecule has 0 atom stereocenters. The zero-order valence-corrected chi connectivity index (χ0v) is 9.97. The molecular formula is C12H10F2N2O3. The van der Waals surface area contributed by atoms with Gasteiger partial charge in [-0.15, -0.1) is 0 Å². The van der Waals surface area contributed by atoms with Crippen LogP contribution in [-0.2, 0) is 9.53 Å². The molecule has 0 spiro atoms. The molecule has 7 heteroatoms. The van der Waals surface area contributed by atoms with Crippen LogP contribution in [0.5, 0.6) is 5.75 Å². The van der Waals surface area contributed by atoms with Crippen LogP contribution in [0.3, 0.4) is 0 Å². The molecular weight excluding hydrogens is 258 g/mol. The van der Waals surface area contributed by atoms with Gasteiger partial charge in [0.05, 0.1) is 12.7 Å². The largest absolute Gasteiger partial charge is 0.493 e. The molecule has 0 aliphatic rings. The van der Waals surface area contributed by atoms with Crippen molar-refractivity contribution in [3.05, 3.63) is 40.9 Å². The maximum atomic E-state index is 13.5. The highest BCUT2D eigenvalue weighted by Gasteiger charge is 2.11. The Morgan fingerprint density at radius 2 is 2.11 bits per heavy atom. The van der Waals surface area contributed by atoms with Crippen LogP contribution in [0.15, 0.2) is 18.2 Å². The highest BCUT2D eigenvalue weighted by molar-refractivity contribution is 6.20. The fraction of sp³-hybridized carbons (Fsp3) is 0.167. The van der Waals surface area contributed by atoms with Crippen molar-refractivity contribution >= 4 is 18.3 Å². The van der Waals surface area contributed by atoms with E-state index in [1.165, 1.54) is 19.3 Å². The van der Waals surface area contributed by atoms with Crippen LogP contribution in [0, 0.1) is 11.6 Å². The molecule has 100 valence electrons. The molecule has 0 amide bonds. The Morgan fingerprint density at radius 1 is 1.42 bits per heavy atom. The normalized spacial score (nSPS) is 10.1. The smallest absolute Gasteiger partial charge is 0.413 e. The standard InChI is InChI=1S/C12H10F2N2O3/c1-18-12-8(9(13)4-5-10(12)14)3-2-6-19-11(17)7-16-15/h2-5,7H,6H2,1H3/b3-2-. The molecule has 0 unspecified atom stereocenters. The lowest BCUT2D eigenvalue weighted by molar-refractivity contribution is -0.137. The Bertz CT molecular complexity index is 552. The summed E-state index contributed by atoms with van der Waals surface area (Å²) in [5, 5.41) is 0. The number of halogens is 2. The number of rotatable bonds is 5. The first kappa shape index (κ1) is 14.5.